The molecule has 0 fully saturated rings. The molecule has 0 saturated carbocycles. The molecule has 0 spiro atoms. The van der Waals surface area contributed by atoms with Gasteiger partial charge in [-0.1, -0.05) is 12.1 Å². The molecule has 0 aliphatic rings. The number of furan rings is 1. The Morgan fingerprint density at radius 1 is 1.07 bits per heavy atom. The van der Waals surface area contributed by atoms with E-state index in [9.17, 15) is 9.59 Å². The number of nitrogens with one attached hydrogen (secondary N) is 1. The van der Waals surface area contributed by atoms with Gasteiger partial charge in [0.05, 0.1) is 35.7 Å². The van der Waals surface area contributed by atoms with Crippen molar-refractivity contribution in [2.45, 2.75) is 13.1 Å². The molecule has 0 radical (unpaired) electrons. The molecule has 0 saturated heterocycles. The Hall–Kier alpha value is -3.81. The molecule has 8 heteroatoms. The van der Waals surface area contributed by atoms with Gasteiger partial charge >= 0.3 is 0 Å². The summed E-state index contributed by atoms with van der Waals surface area (Å²) in [5.41, 5.74) is 1.48. The molecule has 3 heterocycles. The van der Waals surface area contributed by atoms with Gasteiger partial charge in [0.15, 0.2) is 5.76 Å². The Labute approximate surface area is 153 Å². The second-order valence-electron chi connectivity index (χ2n) is 5.80. The number of hydrogen-bond acceptors (Lipinski definition) is 6. The molecule has 3 aromatic heterocycles. The minimum Gasteiger partial charge on any atom is -0.463 e. The zero-order valence-electron chi connectivity index (χ0n) is 14.2. The fourth-order valence-electron chi connectivity index (χ4n) is 2.73. The molecule has 1 aromatic carbocycles. The summed E-state index contributed by atoms with van der Waals surface area (Å²) in [6, 6.07) is 10.5. The number of benzene rings is 1. The molecular formula is C19H15N5O3. The van der Waals surface area contributed by atoms with Gasteiger partial charge < -0.3 is 9.73 Å². The number of carbonyl (C=O) groups is 1. The van der Waals surface area contributed by atoms with Gasteiger partial charge in [-0.15, -0.1) is 0 Å². The Bertz CT molecular complexity index is 1150. The Kier molecular flexibility index (Phi) is 4.44. The zero-order valence-corrected chi connectivity index (χ0v) is 14.2. The van der Waals surface area contributed by atoms with E-state index >= 15 is 0 Å². The first-order chi connectivity index (χ1) is 13.2. The van der Waals surface area contributed by atoms with Crippen LogP contribution in [-0.2, 0) is 17.9 Å². The molecule has 4 rings (SSSR count). The van der Waals surface area contributed by atoms with Crippen LogP contribution in [-0.4, -0.2) is 25.4 Å². The van der Waals surface area contributed by atoms with Crippen molar-refractivity contribution in [2.24, 2.45) is 0 Å². The van der Waals surface area contributed by atoms with Crippen LogP contribution in [0.3, 0.4) is 0 Å². The zero-order chi connectivity index (χ0) is 18.6. The molecular weight excluding hydrogens is 346 g/mol. The predicted molar refractivity (Wildman–Crippen MR) is 97.6 cm³/mol. The van der Waals surface area contributed by atoms with E-state index in [-0.39, 0.29) is 24.6 Å². The topological polar surface area (TPSA) is 103 Å². The molecule has 0 unspecified atom stereocenters. The lowest BCUT2D eigenvalue weighted by Gasteiger charge is -2.09. The average molecular weight is 361 g/mol. The van der Waals surface area contributed by atoms with E-state index in [1.807, 2.05) is 6.07 Å². The fraction of sp³-hybridized carbons (Fsp3) is 0.105. The quantitative estimate of drug-likeness (QED) is 0.581. The van der Waals surface area contributed by atoms with Gasteiger partial charge in [-0.05, 0) is 24.3 Å². The van der Waals surface area contributed by atoms with Crippen molar-refractivity contribution < 1.29 is 9.21 Å². The van der Waals surface area contributed by atoms with Crippen molar-refractivity contribution in [1.29, 1.82) is 0 Å². The van der Waals surface area contributed by atoms with Crippen molar-refractivity contribution in [3.05, 3.63) is 77.4 Å². The maximum absolute atomic E-state index is 12.5. The third kappa shape index (κ3) is 3.45. The molecule has 0 atom stereocenters. The number of rotatable bonds is 5. The highest BCUT2D eigenvalue weighted by molar-refractivity contribution is 5.79. The number of carbonyl (C=O) groups excluding carboxylic acids is 1. The summed E-state index contributed by atoms with van der Waals surface area (Å²) in [7, 11) is 0. The monoisotopic (exact) mass is 361 g/mol. The summed E-state index contributed by atoms with van der Waals surface area (Å²) >= 11 is 0. The normalized spacial score (nSPS) is 10.8. The average Bonchev–Trinajstić information content (AvgIpc) is 3.24. The maximum atomic E-state index is 12.5. The van der Waals surface area contributed by atoms with E-state index in [4.69, 9.17) is 4.42 Å². The largest absolute Gasteiger partial charge is 0.463 e. The number of para-hydroxylation sites is 1. The first kappa shape index (κ1) is 16.6. The van der Waals surface area contributed by atoms with E-state index in [1.165, 1.54) is 10.9 Å². The summed E-state index contributed by atoms with van der Waals surface area (Å²) in [6.07, 6.45) is 6.03. The van der Waals surface area contributed by atoms with Crippen LogP contribution in [0.2, 0.25) is 0 Å². The number of amides is 1. The highest BCUT2D eigenvalue weighted by atomic mass is 16.3. The lowest BCUT2D eigenvalue weighted by atomic mass is 10.2. The number of fused-ring (bicyclic) bond motifs is 1. The number of hydrogen-bond donors (Lipinski definition) is 1. The second-order valence-corrected chi connectivity index (χ2v) is 5.80. The van der Waals surface area contributed by atoms with E-state index in [0.29, 0.717) is 28.1 Å². The molecule has 4 aromatic rings. The highest BCUT2D eigenvalue weighted by Crippen LogP contribution is 2.19. The Morgan fingerprint density at radius 3 is 2.78 bits per heavy atom. The lowest BCUT2D eigenvalue weighted by Crippen LogP contribution is -2.32. The van der Waals surface area contributed by atoms with Crippen LogP contribution in [0.4, 0.5) is 0 Å². The second kappa shape index (κ2) is 7.20. The van der Waals surface area contributed by atoms with E-state index in [2.05, 4.69) is 20.3 Å². The van der Waals surface area contributed by atoms with Crippen LogP contribution in [0.1, 0.15) is 5.69 Å². The van der Waals surface area contributed by atoms with Gasteiger partial charge in [-0.25, -0.2) is 9.97 Å². The number of nitrogens with zero attached hydrogens (tertiary/aromatic N) is 4. The highest BCUT2D eigenvalue weighted by Gasteiger charge is 2.12. The molecule has 27 heavy (non-hydrogen) atoms. The van der Waals surface area contributed by atoms with Crippen molar-refractivity contribution >= 4 is 16.8 Å². The van der Waals surface area contributed by atoms with E-state index < -0.39 is 0 Å². The third-order valence-electron chi connectivity index (χ3n) is 4.03. The van der Waals surface area contributed by atoms with Crippen LogP contribution in [0, 0.1) is 0 Å². The van der Waals surface area contributed by atoms with Gasteiger partial charge in [-0.2, -0.15) is 0 Å². The molecule has 8 nitrogen and oxygen atoms in total. The SMILES string of the molecule is O=C(Cn1cnc2ccccc2c1=O)NCc1nccnc1-c1ccco1. The van der Waals surface area contributed by atoms with Crippen molar-refractivity contribution in [3.8, 4) is 11.5 Å². The van der Waals surface area contributed by atoms with Crippen LogP contribution in [0.5, 0.6) is 0 Å². The summed E-state index contributed by atoms with van der Waals surface area (Å²) < 4.78 is 6.63. The van der Waals surface area contributed by atoms with E-state index in [1.54, 1.807) is 49.0 Å². The minimum atomic E-state index is -0.328. The minimum absolute atomic E-state index is 0.132. The summed E-state index contributed by atoms with van der Waals surface area (Å²) in [5.74, 6) is 0.243. The van der Waals surface area contributed by atoms with Crippen LogP contribution < -0.4 is 10.9 Å². The first-order valence-corrected chi connectivity index (χ1v) is 8.27. The predicted octanol–water partition coefficient (Wildman–Crippen LogP) is 1.76. The molecule has 1 amide bonds. The van der Waals surface area contributed by atoms with Gasteiger partial charge in [0.2, 0.25) is 5.91 Å². The third-order valence-corrected chi connectivity index (χ3v) is 4.03. The van der Waals surface area contributed by atoms with Gasteiger partial charge in [-0.3, -0.25) is 19.1 Å². The smallest absolute Gasteiger partial charge is 0.261 e. The molecule has 0 aliphatic heterocycles. The number of aromatic nitrogens is 4. The first-order valence-electron chi connectivity index (χ1n) is 8.27. The van der Waals surface area contributed by atoms with Crippen molar-refractivity contribution in [1.82, 2.24) is 24.8 Å². The Morgan fingerprint density at radius 2 is 1.93 bits per heavy atom. The van der Waals surface area contributed by atoms with Gasteiger partial charge in [0.1, 0.15) is 12.2 Å². The molecule has 1 N–H and O–H groups in total. The molecule has 134 valence electrons. The van der Waals surface area contributed by atoms with Crippen molar-refractivity contribution in [3.63, 3.8) is 0 Å². The maximum Gasteiger partial charge on any atom is 0.261 e. The van der Waals surface area contributed by atoms with Crippen LogP contribution in [0.25, 0.3) is 22.4 Å². The molecule has 0 bridgehead atoms. The van der Waals surface area contributed by atoms with E-state index in [0.717, 1.165) is 0 Å². The molecule has 0 aliphatic carbocycles. The standard InChI is InChI=1S/C19H15N5O3/c25-17(11-24-12-23-14-5-2-1-4-13(14)19(24)26)22-10-15-18(21-8-7-20-15)16-6-3-9-27-16/h1-9,12H,10-11H2,(H,22,25). The summed E-state index contributed by atoms with van der Waals surface area (Å²) in [4.78, 5) is 37.5. The van der Waals surface area contributed by atoms with Crippen LogP contribution >= 0.6 is 0 Å². The summed E-state index contributed by atoms with van der Waals surface area (Å²) in [5, 5.41) is 3.23. The van der Waals surface area contributed by atoms with Crippen molar-refractivity contribution in [2.75, 3.05) is 0 Å². The Balaban J connectivity index is 1.49. The van der Waals surface area contributed by atoms with Crippen LogP contribution in [0.15, 0.2) is 70.6 Å². The van der Waals surface area contributed by atoms with Gasteiger partial charge in [0, 0.05) is 12.4 Å². The summed E-state index contributed by atoms with van der Waals surface area (Å²) in [6.45, 7) is 0.0332. The lowest BCUT2D eigenvalue weighted by molar-refractivity contribution is -0.121. The fourth-order valence-corrected chi connectivity index (χ4v) is 2.73. The van der Waals surface area contributed by atoms with Gasteiger partial charge in [0.25, 0.3) is 5.56 Å².